The molecule has 0 aliphatic rings. The fraction of sp³-hybridized carbons (Fsp3) is 0.0952. The average Bonchev–Trinajstić information content (AvgIpc) is 2.68. The molecule has 0 heterocycles. The lowest BCUT2D eigenvalue weighted by Gasteiger charge is -2.08. The number of hydrogen-bond donors (Lipinski definition) is 1. The molecule has 0 aliphatic heterocycles. The van der Waals surface area contributed by atoms with Gasteiger partial charge in [-0.25, -0.2) is 0 Å². The minimum absolute atomic E-state index is 0.0830. The molecule has 0 fully saturated rings. The maximum atomic E-state index is 12.0. The molecular weight excluding hydrogens is 344 g/mol. The molecule has 0 radical (unpaired) electrons. The number of non-ortho nitro benzene ring substituents is 1. The van der Waals surface area contributed by atoms with Crippen molar-refractivity contribution in [1.82, 2.24) is 0 Å². The van der Waals surface area contributed by atoms with Crippen molar-refractivity contribution in [3.05, 3.63) is 88.5 Å². The zero-order valence-electron chi connectivity index (χ0n) is 14.7. The molecule has 3 rings (SSSR count). The second kappa shape index (κ2) is 8.14. The molecule has 136 valence electrons. The van der Waals surface area contributed by atoms with E-state index in [9.17, 15) is 14.9 Å². The summed E-state index contributed by atoms with van der Waals surface area (Å²) >= 11 is 0. The quantitative estimate of drug-likeness (QED) is 0.514. The highest BCUT2D eigenvalue weighted by Gasteiger charge is 2.09. The molecule has 0 unspecified atom stereocenters. The van der Waals surface area contributed by atoms with E-state index in [0.717, 1.165) is 11.1 Å². The van der Waals surface area contributed by atoms with Gasteiger partial charge in [-0.15, -0.1) is 0 Å². The maximum absolute atomic E-state index is 12.0. The Morgan fingerprint density at radius 1 is 1.00 bits per heavy atom. The number of ether oxygens (including phenoxy) is 1. The van der Waals surface area contributed by atoms with Crippen LogP contribution in [0.25, 0.3) is 11.1 Å². The Morgan fingerprint density at radius 3 is 2.26 bits per heavy atom. The number of nitrogens with zero attached hydrogens (tertiary/aromatic N) is 1. The number of nitro groups is 1. The molecule has 0 saturated heterocycles. The molecule has 27 heavy (non-hydrogen) atoms. The third kappa shape index (κ3) is 4.92. The first-order valence-corrected chi connectivity index (χ1v) is 8.35. The predicted octanol–water partition coefficient (Wildman–Crippen LogP) is 4.59. The van der Waals surface area contributed by atoms with Crippen LogP contribution in [0, 0.1) is 17.0 Å². The van der Waals surface area contributed by atoms with Crippen molar-refractivity contribution < 1.29 is 14.5 Å². The van der Waals surface area contributed by atoms with Crippen LogP contribution in [0.4, 0.5) is 11.4 Å². The molecule has 6 nitrogen and oxygen atoms in total. The van der Waals surface area contributed by atoms with Crippen molar-refractivity contribution in [2.45, 2.75) is 6.92 Å². The van der Waals surface area contributed by atoms with Crippen LogP contribution in [0.3, 0.4) is 0 Å². The smallest absolute Gasteiger partial charge is 0.271 e. The van der Waals surface area contributed by atoms with Gasteiger partial charge >= 0.3 is 0 Å². The largest absolute Gasteiger partial charge is 0.484 e. The van der Waals surface area contributed by atoms with Crippen LogP contribution in [-0.2, 0) is 4.79 Å². The number of rotatable bonds is 6. The highest BCUT2D eigenvalue weighted by atomic mass is 16.6. The molecule has 3 aromatic rings. The van der Waals surface area contributed by atoms with Crippen molar-refractivity contribution in [3.8, 4) is 16.9 Å². The lowest BCUT2D eigenvalue weighted by atomic mass is 10.0. The zero-order valence-corrected chi connectivity index (χ0v) is 14.7. The summed E-state index contributed by atoms with van der Waals surface area (Å²) in [6.07, 6.45) is 0. The SMILES string of the molecule is Cc1ccc(-c2ccc(OCC(=O)Nc3cccc([N+](=O)[O-])c3)cc2)cc1. The summed E-state index contributed by atoms with van der Waals surface area (Å²) in [6.45, 7) is 1.85. The molecule has 0 bridgehead atoms. The Labute approximate surface area is 156 Å². The van der Waals surface area contributed by atoms with Gasteiger partial charge in [0.05, 0.1) is 4.92 Å². The first kappa shape index (κ1) is 18.1. The van der Waals surface area contributed by atoms with Gasteiger partial charge in [0.25, 0.3) is 11.6 Å². The van der Waals surface area contributed by atoms with E-state index in [1.807, 2.05) is 19.1 Å². The summed E-state index contributed by atoms with van der Waals surface area (Å²) in [7, 11) is 0. The van der Waals surface area contributed by atoms with E-state index in [1.165, 1.54) is 23.8 Å². The van der Waals surface area contributed by atoms with Gasteiger partial charge in [-0.3, -0.25) is 14.9 Å². The Kier molecular flexibility index (Phi) is 5.47. The van der Waals surface area contributed by atoms with Gasteiger partial charge in [-0.1, -0.05) is 48.0 Å². The molecule has 3 aromatic carbocycles. The molecule has 0 atom stereocenters. The second-order valence-electron chi connectivity index (χ2n) is 6.03. The van der Waals surface area contributed by atoms with Gasteiger partial charge < -0.3 is 10.1 Å². The standard InChI is InChI=1S/C21H18N2O4/c1-15-5-7-16(8-6-15)17-9-11-20(12-10-17)27-14-21(24)22-18-3-2-4-19(13-18)23(25)26/h2-13H,14H2,1H3,(H,22,24). The summed E-state index contributed by atoms with van der Waals surface area (Å²) < 4.78 is 5.48. The average molecular weight is 362 g/mol. The third-order valence-corrected chi connectivity index (χ3v) is 3.95. The summed E-state index contributed by atoms with van der Waals surface area (Å²) in [5.41, 5.74) is 3.64. The van der Waals surface area contributed by atoms with Crippen LogP contribution in [-0.4, -0.2) is 17.4 Å². The van der Waals surface area contributed by atoms with E-state index in [4.69, 9.17) is 4.74 Å². The molecule has 0 aliphatic carbocycles. The number of hydrogen-bond acceptors (Lipinski definition) is 4. The van der Waals surface area contributed by atoms with Gasteiger partial charge in [-0.2, -0.15) is 0 Å². The minimum Gasteiger partial charge on any atom is -0.484 e. The van der Waals surface area contributed by atoms with E-state index < -0.39 is 10.8 Å². The lowest BCUT2D eigenvalue weighted by Crippen LogP contribution is -2.20. The van der Waals surface area contributed by atoms with E-state index >= 15 is 0 Å². The Bertz CT molecular complexity index is 951. The molecule has 1 amide bonds. The summed E-state index contributed by atoms with van der Waals surface area (Å²) in [5, 5.41) is 13.3. The van der Waals surface area contributed by atoms with Gasteiger partial charge in [0, 0.05) is 17.8 Å². The topological polar surface area (TPSA) is 81.5 Å². The number of nitro benzene ring substituents is 1. The number of nitrogens with one attached hydrogen (secondary N) is 1. The highest BCUT2D eigenvalue weighted by molar-refractivity contribution is 5.92. The van der Waals surface area contributed by atoms with Crippen molar-refractivity contribution in [1.29, 1.82) is 0 Å². The molecular formula is C21H18N2O4. The molecule has 1 N–H and O–H groups in total. The number of carbonyl (C=O) groups is 1. The number of benzene rings is 3. The second-order valence-corrected chi connectivity index (χ2v) is 6.03. The summed E-state index contributed by atoms with van der Waals surface area (Å²) in [6, 6.07) is 21.4. The van der Waals surface area contributed by atoms with Gasteiger partial charge in [0.1, 0.15) is 5.75 Å². The van der Waals surface area contributed by atoms with Crippen molar-refractivity contribution >= 4 is 17.3 Å². The number of aryl methyl sites for hydroxylation is 1. The van der Waals surface area contributed by atoms with Gasteiger partial charge in [-0.05, 0) is 36.2 Å². The van der Waals surface area contributed by atoms with Crippen LogP contribution >= 0.6 is 0 Å². The van der Waals surface area contributed by atoms with Crippen molar-refractivity contribution in [2.24, 2.45) is 0 Å². The van der Waals surface area contributed by atoms with E-state index in [2.05, 4.69) is 29.6 Å². The summed E-state index contributed by atoms with van der Waals surface area (Å²) in [4.78, 5) is 22.2. The van der Waals surface area contributed by atoms with Gasteiger partial charge in [0.2, 0.25) is 0 Å². The number of carbonyl (C=O) groups excluding carboxylic acids is 1. The number of anilines is 1. The first-order valence-electron chi connectivity index (χ1n) is 8.35. The van der Waals surface area contributed by atoms with Crippen LogP contribution in [0.1, 0.15) is 5.56 Å². The predicted molar refractivity (Wildman–Crippen MR) is 104 cm³/mol. The first-order chi connectivity index (χ1) is 13.0. The van der Waals surface area contributed by atoms with Crippen LogP contribution in [0.5, 0.6) is 5.75 Å². The zero-order chi connectivity index (χ0) is 19.2. The minimum atomic E-state index is -0.512. The van der Waals surface area contributed by atoms with Gasteiger partial charge in [0.15, 0.2) is 6.61 Å². The van der Waals surface area contributed by atoms with E-state index in [-0.39, 0.29) is 12.3 Å². The number of amides is 1. The Hall–Kier alpha value is -3.67. The molecule has 0 aromatic heterocycles. The molecule has 0 spiro atoms. The van der Waals surface area contributed by atoms with Crippen molar-refractivity contribution in [3.63, 3.8) is 0 Å². The fourth-order valence-corrected chi connectivity index (χ4v) is 2.53. The fourth-order valence-electron chi connectivity index (χ4n) is 2.53. The van der Waals surface area contributed by atoms with E-state index in [0.29, 0.717) is 11.4 Å². The van der Waals surface area contributed by atoms with Crippen molar-refractivity contribution in [2.75, 3.05) is 11.9 Å². The van der Waals surface area contributed by atoms with Crippen LogP contribution in [0.15, 0.2) is 72.8 Å². The highest BCUT2D eigenvalue weighted by Crippen LogP contribution is 2.23. The molecule has 0 saturated carbocycles. The third-order valence-electron chi connectivity index (χ3n) is 3.95. The molecule has 6 heteroatoms. The Balaban J connectivity index is 1.56. The monoisotopic (exact) mass is 362 g/mol. The lowest BCUT2D eigenvalue weighted by molar-refractivity contribution is -0.384. The maximum Gasteiger partial charge on any atom is 0.271 e. The normalized spacial score (nSPS) is 10.3. The summed E-state index contributed by atoms with van der Waals surface area (Å²) in [5.74, 6) is 0.179. The van der Waals surface area contributed by atoms with E-state index in [1.54, 1.807) is 18.2 Å². The van der Waals surface area contributed by atoms with Crippen LogP contribution < -0.4 is 10.1 Å². The Morgan fingerprint density at radius 2 is 1.63 bits per heavy atom. The van der Waals surface area contributed by atoms with Crippen LogP contribution in [0.2, 0.25) is 0 Å².